The molecule has 0 saturated heterocycles. The van der Waals surface area contributed by atoms with E-state index >= 15 is 0 Å². The Kier molecular flexibility index (Phi) is 4.91. The number of carbonyl (C=O) groups is 3. The van der Waals surface area contributed by atoms with Gasteiger partial charge in [-0.3, -0.25) is 14.4 Å². The van der Waals surface area contributed by atoms with Crippen molar-refractivity contribution < 1.29 is 23.9 Å². The summed E-state index contributed by atoms with van der Waals surface area (Å²) in [6, 6.07) is 1.51. The van der Waals surface area contributed by atoms with Crippen LogP contribution in [-0.4, -0.2) is 47.9 Å². The first kappa shape index (κ1) is 13.8. The van der Waals surface area contributed by atoms with E-state index in [-0.39, 0.29) is 31.3 Å². The monoisotopic (exact) mass is 254 g/mol. The third-order valence-corrected chi connectivity index (χ3v) is 2.21. The van der Waals surface area contributed by atoms with E-state index in [1.165, 1.54) is 25.6 Å². The Balaban J connectivity index is 2.27. The second-order valence-corrected chi connectivity index (χ2v) is 3.66. The normalized spacial score (nSPS) is 9.83. The Labute approximate surface area is 103 Å². The number of carboxylic acids is 1. The number of furan rings is 1. The Bertz CT molecular complexity index is 427. The third kappa shape index (κ3) is 4.28. The fraction of sp³-hybridized carbons (Fsp3) is 0.364. The lowest BCUT2D eigenvalue weighted by Gasteiger charge is -2.14. The third-order valence-electron chi connectivity index (χ3n) is 2.21. The highest BCUT2D eigenvalue weighted by molar-refractivity contribution is 5.94. The molecule has 98 valence electrons. The minimum absolute atomic E-state index is 0.0490. The standard InChI is InChI=1S/C11H14N2O5/c1-13(6-10(15)16)9(14)2-4-12-11(17)8-3-5-18-7-8/h3,5,7H,2,4,6H2,1H3,(H,12,17)(H,15,16). The molecule has 0 bridgehead atoms. The molecule has 1 aromatic heterocycles. The summed E-state index contributed by atoms with van der Waals surface area (Å²) in [5.74, 6) is -1.75. The van der Waals surface area contributed by atoms with Crippen LogP contribution in [0.5, 0.6) is 0 Å². The molecule has 0 fully saturated rings. The van der Waals surface area contributed by atoms with Crippen molar-refractivity contribution in [3.63, 3.8) is 0 Å². The van der Waals surface area contributed by atoms with Crippen LogP contribution < -0.4 is 5.32 Å². The zero-order valence-electron chi connectivity index (χ0n) is 9.88. The van der Waals surface area contributed by atoms with Crippen LogP contribution in [0.2, 0.25) is 0 Å². The van der Waals surface area contributed by atoms with Crippen LogP contribution in [0.1, 0.15) is 16.8 Å². The largest absolute Gasteiger partial charge is 0.480 e. The maximum Gasteiger partial charge on any atom is 0.323 e. The maximum atomic E-state index is 11.4. The summed E-state index contributed by atoms with van der Waals surface area (Å²) in [6.45, 7) is -0.207. The van der Waals surface area contributed by atoms with Gasteiger partial charge in [0, 0.05) is 20.0 Å². The van der Waals surface area contributed by atoms with Crippen LogP contribution >= 0.6 is 0 Å². The van der Waals surface area contributed by atoms with Crippen molar-refractivity contribution in [2.75, 3.05) is 20.1 Å². The highest BCUT2D eigenvalue weighted by Gasteiger charge is 2.12. The van der Waals surface area contributed by atoms with Crippen LogP contribution in [0.4, 0.5) is 0 Å². The van der Waals surface area contributed by atoms with E-state index in [4.69, 9.17) is 9.52 Å². The van der Waals surface area contributed by atoms with Gasteiger partial charge in [-0.15, -0.1) is 0 Å². The van der Waals surface area contributed by atoms with E-state index < -0.39 is 5.97 Å². The van der Waals surface area contributed by atoms with Gasteiger partial charge in [0.15, 0.2) is 0 Å². The molecule has 0 saturated carbocycles. The molecule has 1 rings (SSSR count). The lowest BCUT2D eigenvalue weighted by molar-refractivity contribution is -0.143. The Morgan fingerprint density at radius 1 is 1.44 bits per heavy atom. The lowest BCUT2D eigenvalue weighted by atomic mass is 10.3. The molecule has 1 aromatic rings. The average Bonchev–Trinajstić information content (AvgIpc) is 2.81. The highest BCUT2D eigenvalue weighted by Crippen LogP contribution is 1.99. The first-order valence-corrected chi connectivity index (χ1v) is 5.27. The van der Waals surface area contributed by atoms with Crippen LogP contribution in [0.25, 0.3) is 0 Å². The smallest absolute Gasteiger partial charge is 0.323 e. The van der Waals surface area contributed by atoms with Crippen LogP contribution in [0.15, 0.2) is 23.0 Å². The summed E-state index contributed by atoms with van der Waals surface area (Å²) in [7, 11) is 1.40. The summed E-state index contributed by atoms with van der Waals surface area (Å²) >= 11 is 0. The minimum atomic E-state index is -1.08. The van der Waals surface area contributed by atoms with Gasteiger partial charge in [0.1, 0.15) is 12.8 Å². The number of hydrogen-bond donors (Lipinski definition) is 2. The molecule has 0 radical (unpaired) electrons. The number of nitrogens with one attached hydrogen (secondary N) is 1. The molecule has 2 N–H and O–H groups in total. The maximum absolute atomic E-state index is 11.4. The van der Waals surface area contributed by atoms with Crippen LogP contribution in [0, 0.1) is 0 Å². The molecule has 7 heteroatoms. The van der Waals surface area contributed by atoms with Crippen molar-refractivity contribution in [3.8, 4) is 0 Å². The van der Waals surface area contributed by atoms with Gasteiger partial charge in [-0.05, 0) is 6.07 Å². The summed E-state index contributed by atoms with van der Waals surface area (Å²) in [5.41, 5.74) is 0.376. The molecule has 18 heavy (non-hydrogen) atoms. The van der Waals surface area contributed by atoms with Gasteiger partial charge in [0.05, 0.1) is 11.8 Å². The highest BCUT2D eigenvalue weighted by atomic mass is 16.4. The number of amides is 2. The molecule has 0 unspecified atom stereocenters. The summed E-state index contributed by atoms with van der Waals surface area (Å²) in [4.78, 5) is 34.4. The van der Waals surface area contributed by atoms with Crippen molar-refractivity contribution in [2.24, 2.45) is 0 Å². The van der Waals surface area contributed by atoms with Crippen molar-refractivity contribution in [1.29, 1.82) is 0 Å². The predicted molar refractivity (Wildman–Crippen MR) is 60.9 cm³/mol. The quantitative estimate of drug-likeness (QED) is 0.741. The molecular weight excluding hydrogens is 240 g/mol. The Hall–Kier alpha value is -2.31. The number of nitrogens with zero attached hydrogens (tertiary/aromatic N) is 1. The Morgan fingerprint density at radius 3 is 2.72 bits per heavy atom. The van der Waals surface area contributed by atoms with Crippen molar-refractivity contribution >= 4 is 17.8 Å². The van der Waals surface area contributed by atoms with Gasteiger partial charge in [-0.25, -0.2) is 0 Å². The fourth-order valence-corrected chi connectivity index (χ4v) is 1.26. The predicted octanol–water partition coefficient (Wildman–Crippen LogP) is -0.0575. The lowest BCUT2D eigenvalue weighted by Crippen LogP contribution is -2.35. The van der Waals surface area contributed by atoms with Gasteiger partial charge in [-0.2, -0.15) is 0 Å². The zero-order chi connectivity index (χ0) is 13.5. The van der Waals surface area contributed by atoms with Crippen LogP contribution in [0.3, 0.4) is 0 Å². The number of hydrogen-bond acceptors (Lipinski definition) is 4. The molecule has 0 atom stereocenters. The van der Waals surface area contributed by atoms with Gasteiger partial charge >= 0.3 is 5.97 Å². The molecular formula is C11H14N2O5. The van der Waals surface area contributed by atoms with Crippen LogP contribution in [-0.2, 0) is 9.59 Å². The van der Waals surface area contributed by atoms with E-state index in [1.54, 1.807) is 0 Å². The molecule has 0 aliphatic rings. The number of carbonyl (C=O) groups excluding carboxylic acids is 2. The molecule has 7 nitrogen and oxygen atoms in total. The van der Waals surface area contributed by atoms with Gasteiger partial charge < -0.3 is 19.7 Å². The zero-order valence-corrected chi connectivity index (χ0v) is 9.88. The van der Waals surface area contributed by atoms with Gasteiger partial charge in [-0.1, -0.05) is 0 Å². The van der Waals surface area contributed by atoms with Crippen molar-refractivity contribution in [1.82, 2.24) is 10.2 Å². The molecule has 0 aliphatic carbocycles. The summed E-state index contributed by atoms with van der Waals surface area (Å²) in [6.07, 6.45) is 2.72. The molecule has 2 amide bonds. The minimum Gasteiger partial charge on any atom is -0.480 e. The first-order valence-electron chi connectivity index (χ1n) is 5.27. The van der Waals surface area contributed by atoms with E-state index in [0.29, 0.717) is 5.56 Å². The second-order valence-electron chi connectivity index (χ2n) is 3.66. The SMILES string of the molecule is CN(CC(=O)O)C(=O)CCNC(=O)c1ccoc1. The summed E-state index contributed by atoms with van der Waals surface area (Å²) in [5, 5.41) is 11.0. The van der Waals surface area contributed by atoms with E-state index in [1.807, 2.05) is 0 Å². The fourth-order valence-electron chi connectivity index (χ4n) is 1.26. The average molecular weight is 254 g/mol. The Morgan fingerprint density at radius 2 is 2.17 bits per heavy atom. The van der Waals surface area contributed by atoms with Crippen molar-refractivity contribution in [2.45, 2.75) is 6.42 Å². The number of aliphatic carboxylic acids is 1. The van der Waals surface area contributed by atoms with E-state index in [9.17, 15) is 14.4 Å². The van der Waals surface area contributed by atoms with Gasteiger partial charge in [0.25, 0.3) is 5.91 Å². The van der Waals surface area contributed by atoms with E-state index in [0.717, 1.165) is 4.90 Å². The van der Waals surface area contributed by atoms with Crippen molar-refractivity contribution in [3.05, 3.63) is 24.2 Å². The molecule has 0 aromatic carbocycles. The summed E-state index contributed by atoms with van der Waals surface area (Å²) < 4.78 is 4.74. The first-order chi connectivity index (χ1) is 8.50. The number of likely N-dealkylation sites (N-methyl/N-ethyl adjacent to an activating group) is 1. The molecule has 0 spiro atoms. The second kappa shape index (κ2) is 6.43. The topological polar surface area (TPSA) is 99.9 Å². The number of carboxylic acid groups (broad SMARTS) is 1. The van der Waals surface area contributed by atoms with Gasteiger partial charge in [0.2, 0.25) is 5.91 Å². The molecule has 0 aliphatic heterocycles. The van der Waals surface area contributed by atoms with E-state index in [2.05, 4.69) is 5.32 Å². The number of rotatable bonds is 6. The molecule has 1 heterocycles.